The van der Waals surface area contributed by atoms with E-state index in [1.54, 1.807) is 4.90 Å². The first kappa shape index (κ1) is 14.1. The lowest BCUT2D eigenvalue weighted by molar-refractivity contribution is -0.129. The van der Waals surface area contributed by atoms with Crippen molar-refractivity contribution in [2.75, 3.05) is 11.9 Å². The molecule has 2 aliphatic rings. The summed E-state index contributed by atoms with van der Waals surface area (Å²) in [7, 11) is 0. The summed E-state index contributed by atoms with van der Waals surface area (Å²) in [6, 6.07) is 0. The van der Waals surface area contributed by atoms with Gasteiger partial charge in [0.25, 0.3) is 5.91 Å². The molecular weight excluding hydrogens is 290 g/mol. The molecule has 7 heteroatoms. The zero-order valence-corrected chi connectivity index (χ0v) is 12.6. The van der Waals surface area contributed by atoms with Crippen molar-refractivity contribution in [3.63, 3.8) is 0 Å². The van der Waals surface area contributed by atoms with Crippen molar-refractivity contribution in [2.24, 2.45) is 11.7 Å². The van der Waals surface area contributed by atoms with Crippen LogP contribution in [0.15, 0.2) is 0 Å². The lowest BCUT2D eigenvalue weighted by Gasteiger charge is -2.25. The first-order chi connectivity index (χ1) is 9.97. The van der Waals surface area contributed by atoms with Gasteiger partial charge in [0.1, 0.15) is 5.00 Å². The number of nitrogens with zero attached hydrogens (tertiary/aromatic N) is 1. The van der Waals surface area contributed by atoms with Crippen LogP contribution in [-0.4, -0.2) is 29.2 Å². The molecule has 0 atom stereocenters. The summed E-state index contributed by atoms with van der Waals surface area (Å²) in [5, 5.41) is 3.37. The Bertz CT molecular complexity index is 634. The van der Waals surface area contributed by atoms with Gasteiger partial charge in [0.15, 0.2) is 0 Å². The summed E-state index contributed by atoms with van der Waals surface area (Å²) in [5.41, 5.74) is 6.79. The van der Waals surface area contributed by atoms with Crippen molar-refractivity contribution < 1.29 is 14.4 Å². The van der Waals surface area contributed by atoms with Crippen molar-refractivity contribution in [3.05, 3.63) is 16.0 Å². The first-order valence-corrected chi connectivity index (χ1v) is 7.79. The molecule has 1 fully saturated rings. The van der Waals surface area contributed by atoms with Gasteiger partial charge in [-0.15, -0.1) is 11.3 Å². The minimum atomic E-state index is -0.519. The second kappa shape index (κ2) is 5.14. The number of nitrogens with two attached hydrogens (primary N) is 1. The Morgan fingerprint density at radius 1 is 1.33 bits per heavy atom. The topological polar surface area (TPSA) is 92.5 Å². The van der Waals surface area contributed by atoms with Crippen molar-refractivity contribution in [3.8, 4) is 0 Å². The van der Waals surface area contributed by atoms with Gasteiger partial charge >= 0.3 is 0 Å². The van der Waals surface area contributed by atoms with Crippen LogP contribution in [0.1, 0.15) is 40.6 Å². The van der Waals surface area contributed by atoms with Crippen LogP contribution in [0, 0.1) is 5.92 Å². The number of rotatable bonds is 3. The molecule has 3 N–H and O–H groups in total. The Morgan fingerprint density at radius 3 is 2.62 bits per heavy atom. The molecule has 112 valence electrons. The summed E-state index contributed by atoms with van der Waals surface area (Å²) in [4.78, 5) is 37.8. The van der Waals surface area contributed by atoms with Crippen LogP contribution in [0.4, 0.5) is 5.00 Å². The van der Waals surface area contributed by atoms with Gasteiger partial charge in [0, 0.05) is 24.3 Å². The maximum Gasteiger partial charge on any atom is 0.251 e. The van der Waals surface area contributed by atoms with Crippen LogP contribution in [0.3, 0.4) is 0 Å². The predicted octanol–water partition coefficient (Wildman–Crippen LogP) is 1.10. The van der Waals surface area contributed by atoms with Gasteiger partial charge in [-0.2, -0.15) is 0 Å². The summed E-state index contributed by atoms with van der Waals surface area (Å²) < 4.78 is 0. The van der Waals surface area contributed by atoms with Crippen LogP contribution in [0.25, 0.3) is 0 Å². The molecule has 1 aromatic heterocycles. The zero-order chi connectivity index (χ0) is 15.1. The van der Waals surface area contributed by atoms with Gasteiger partial charge in [-0.1, -0.05) is 0 Å². The molecule has 0 radical (unpaired) electrons. The van der Waals surface area contributed by atoms with Crippen LogP contribution in [0.5, 0.6) is 0 Å². The maximum absolute atomic E-state index is 11.9. The molecule has 0 bridgehead atoms. The molecule has 1 aliphatic carbocycles. The smallest absolute Gasteiger partial charge is 0.251 e. The molecule has 1 saturated carbocycles. The highest BCUT2D eigenvalue weighted by Crippen LogP contribution is 2.38. The molecule has 0 spiro atoms. The van der Waals surface area contributed by atoms with Gasteiger partial charge in [0.05, 0.1) is 12.1 Å². The molecule has 0 saturated heterocycles. The van der Waals surface area contributed by atoms with E-state index in [2.05, 4.69) is 5.32 Å². The number of nitrogens with one attached hydrogen (secondary N) is 1. The van der Waals surface area contributed by atoms with E-state index in [0.29, 0.717) is 30.1 Å². The summed E-state index contributed by atoms with van der Waals surface area (Å²) >= 11 is 1.36. The minimum absolute atomic E-state index is 0.0123. The quantitative estimate of drug-likeness (QED) is 0.875. The Balaban J connectivity index is 1.91. The second-order valence-corrected chi connectivity index (χ2v) is 6.63. The molecule has 3 rings (SSSR count). The molecule has 3 amide bonds. The summed E-state index contributed by atoms with van der Waals surface area (Å²) in [6.45, 7) is 2.59. The highest BCUT2D eigenvalue weighted by molar-refractivity contribution is 7.17. The van der Waals surface area contributed by atoms with Crippen molar-refractivity contribution in [1.82, 2.24) is 4.90 Å². The average Bonchev–Trinajstić information content (AvgIpc) is 3.19. The van der Waals surface area contributed by atoms with E-state index in [4.69, 9.17) is 5.73 Å². The highest BCUT2D eigenvalue weighted by Gasteiger charge is 2.33. The van der Waals surface area contributed by atoms with E-state index >= 15 is 0 Å². The van der Waals surface area contributed by atoms with Crippen LogP contribution < -0.4 is 11.1 Å². The standard InChI is InChI=1S/C14H17N3O3S/c1-7(18)17-5-4-9-10(6-17)21-14(11(9)12(15)19)16-13(20)8-2-3-8/h8H,2-6H2,1H3,(H2,15,19)(H,16,20). The van der Waals surface area contributed by atoms with Crippen LogP contribution in [-0.2, 0) is 22.6 Å². The number of amides is 3. The van der Waals surface area contributed by atoms with E-state index in [1.165, 1.54) is 18.3 Å². The molecule has 6 nitrogen and oxygen atoms in total. The number of carbonyl (C=O) groups excluding carboxylic acids is 3. The number of primary amides is 1. The number of fused-ring (bicyclic) bond motifs is 1. The third kappa shape index (κ3) is 2.65. The Kier molecular flexibility index (Phi) is 3.44. The SMILES string of the molecule is CC(=O)N1CCc2c(sc(NC(=O)C3CC3)c2C(N)=O)C1. The molecule has 0 unspecified atom stereocenters. The maximum atomic E-state index is 11.9. The first-order valence-electron chi connectivity index (χ1n) is 6.98. The fourth-order valence-electron chi connectivity index (χ4n) is 2.58. The largest absolute Gasteiger partial charge is 0.365 e. The third-order valence-electron chi connectivity index (χ3n) is 3.93. The van der Waals surface area contributed by atoms with Crippen molar-refractivity contribution >= 4 is 34.1 Å². The van der Waals surface area contributed by atoms with E-state index in [9.17, 15) is 14.4 Å². The van der Waals surface area contributed by atoms with E-state index in [-0.39, 0.29) is 17.7 Å². The lowest BCUT2D eigenvalue weighted by Crippen LogP contribution is -2.34. The molecule has 0 aromatic carbocycles. The van der Waals surface area contributed by atoms with E-state index < -0.39 is 5.91 Å². The molecule has 1 aromatic rings. The lowest BCUT2D eigenvalue weighted by atomic mass is 10.0. The fraction of sp³-hybridized carbons (Fsp3) is 0.500. The predicted molar refractivity (Wildman–Crippen MR) is 79.0 cm³/mol. The van der Waals surface area contributed by atoms with Gasteiger partial charge in [-0.05, 0) is 24.8 Å². The van der Waals surface area contributed by atoms with Crippen LogP contribution >= 0.6 is 11.3 Å². The Morgan fingerprint density at radius 2 is 2.05 bits per heavy atom. The number of anilines is 1. The third-order valence-corrected chi connectivity index (χ3v) is 5.07. The van der Waals surface area contributed by atoms with E-state index in [0.717, 1.165) is 23.3 Å². The van der Waals surface area contributed by atoms with Crippen molar-refractivity contribution in [2.45, 2.75) is 32.7 Å². The number of hydrogen-bond donors (Lipinski definition) is 2. The van der Waals surface area contributed by atoms with Gasteiger partial charge in [-0.25, -0.2) is 0 Å². The zero-order valence-electron chi connectivity index (χ0n) is 11.8. The Hall–Kier alpha value is -1.89. The summed E-state index contributed by atoms with van der Waals surface area (Å²) in [5.74, 6) is -0.480. The molecule has 2 heterocycles. The summed E-state index contributed by atoms with van der Waals surface area (Å²) in [6.07, 6.45) is 2.41. The van der Waals surface area contributed by atoms with Crippen molar-refractivity contribution in [1.29, 1.82) is 0 Å². The minimum Gasteiger partial charge on any atom is -0.365 e. The number of hydrogen-bond acceptors (Lipinski definition) is 4. The second-order valence-electron chi connectivity index (χ2n) is 5.53. The van der Waals surface area contributed by atoms with E-state index in [1.807, 2.05) is 0 Å². The Labute approximate surface area is 126 Å². The average molecular weight is 307 g/mol. The monoisotopic (exact) mass is 307 g/mol. The number of carbonyl (C=O) groups is 3. The normalized spacial score (nSPS) is 17.3. The van der Waals surface area contributed by atoms with Gasteiger partial charge in [-0.3, -0.25) is 14.4 Å². The highest BCUT2D eigenvalue weighted by atomic mass is 32.1. The fourth-order valence-corrected chi connectivity index (χ4v) is 3.85. The van der Waals surface area contributed by atoms with Gasteiger partial charge < -0.3 is 16.0 Å². The van der Waals surface area contributed by atoms with Crippen LogP contribution in [0.2, 0.25) is 0 Å². The van der Waals surface area contributed by atoms with Gasteiger partial charge in [0.2, 0.25) is 11.8 Å². The molecular formula is C14H17N3O3S. The number of thiophene rings is 1. The molecule has 21 heavy (non-hydrogen) atoms. The molecule has 1 aliphatic heterocycles.